The van der Waals surface area contributed by atoms with Crippen LogP contribution in [-0.4, -0.2) is 0 Å². The summed E-state index contributed by atoms with van der Waals surface area (Å²) >= 11 is 0. The van der Waals surface area contributed by atoms with Crippen LogP contribution in [0.5, 0.6) is 0 Å². The largest absolute Gasteiger partial charge is 0.822 e. The standard InChI is InChI=1S/3Mn.2H3O4P/c;;;2*1-5(2,3)4/h;;;2*(H3,1,2,3,4)/p-6. The molecular formula is Mn3O8P2-6. The van der Waals surface area contributed by atoms with Crippen LogP contribution in [0.4, 0.5) is 0 Å². The van der Waals surface area contributed by atoms with Crippen LogP contribution in [-0.2, 0) is 60.3 Å². The summed E-state index contributed by atoms with van der Waals surface area (Å²) in [6.07, 6.45) is 0. The Morgan fingerprint density at radius 1 is 0.538 bits per heavy atom. The van der Waals surface area contributed by atoms with Crippen molar-refractivity contribution in [1.29, 1.82) is 0 Å². The summed E-state index contributed by atoms with van der Waals surface area (Å²) in [5, 5.41) is 0. The third-order valence-electron chi connectivity index (χ3n) is 0. The van der Waals surface area contributed by atoms with Crippen molar-refractivity contribution in [3.8, 4) is 0 Å². The van der Waals surface area contributed by atoms with Crippen molar-refractivity contribution < 1.29 is 89.7 Å². The smallest absolute Gasteiger partial charge is 0 e. The molecular weight excluding hydrogens is 355 g/mol. The maximum absolute atomic E-state index is 8.55. The van der Waals surface area contributed by atoms with Gasteiger partial charge in [0.25, 0.3) is 0 Å². The Morgan fingerprint density at radius 3 is 0.538 bits per heavy atom. The number of hydrogen-bond donors (Lipinski definition) is 0. The van der Waals surface area contributed by atoms with Gasteiger partial charge in [-0.25, -0.2) is 0 Å². The molecule has 0 bridgehead atoms. The van der Waals surface area contributed by atoms with Gasteiger partial charge in [-0.15, -0.1) is 0 Å². The van der Waals surface area contributed by atoms with Crippen LogP contribution in [0.15, 0.2) is 0 Å². The Hall–Kier alpha value is 1.78. The zero-order valence-electron chi connectivity index (χ0n) is 5.29. The summed E-state index contributed by atoms with van der Waals surface area (Å²) in [6.45, 7) is 0. The predicted octanol–water partition coefficient (Wildman–Crippen LogP) is -5.66. The number of rotatable bonds is 0. The quantitative estimate of drug-likeness (QED) is 0.305. The van der Waals surface area contributed by atoms with E-state index in [-0.39, 0.29) is 51.2 Å². The van der Waals surface area contributed by atoms with Gasteiger partial charge in [0.1, 0.15) is 0 Å². The van der Waals surface area contributed by atoms with Gasteiger partial charge in [0.2, 0.25) is 0 Å². The molecule has 0 aliphatic carbocycles. The fraction of sp³-hybridized carbons (Fsp3) is 0. The van der Waals surface area contributed by atoms with E-state index in [1.807, 2.05) is 0 Å². The molecule has 0 heterocycles. The summed E-state index contributed by atoms with van der Waals surface area (Å²) in [7, 11) is -10.8. The molecule has 0 saturated carbocycles. The summed E-state index contributed by atoms with van der Waals surface area (Å²) in [6, 6.07) is 0. The average molecular weight is 355 g/mol. The zero-order chi connectivity index (χ0) is 9.00. The predicted molar refractivity (Wildman–Crippen MR) is 15.2 cm³/mol. The maximum Gasteiger partial charge on any atom is 0 e. The van der Waals surface area contributed by atoms with E-state index < -0.39 is 15.6 Å². The van der Waals surface area contributed by atoms with Gasteiger partial charge < -0.3 is 38.5 Å². The van der Waals surface area contributed by atoms with Crippen molar-refractivity contribution in [3.05, 3.63) is 0 Å². The molecule has 0 aliphatic rings. The van der Waals surface area contributed by atoms with E-state index in [2.05, 4.69) is 0 Å². The molecule has 85 valence electrons. The van der Waals surface area contributed by atoms with Crippen LogP contribution < -0.4 is 29.4 Å². The van der Waals surface area contributed by atoms with Crippen molar-refractivity contribution >= 4 is 15.6 Å². The molecule has 0 unspecified atom stereocenters. The van der Waals surface area contributed by atoms with Gasteiger partial charge in [0.05, 0.1) is 0 Å². The fourth-order valence-corrected chi connectivity index (χ4v) is 0. The second kappa shape index (κ2) is 11.9. The molecule has 0 amide bonds. The summed E-state index contributed by atoms with van der Waals surface area (Å²) in [5.74, 6) is 0. The SMILES string of the molecule is O=P([O-])([O-])[O-].O=P([O-])([O-])[O-].[Mn].[Mn].[Mn]. The zero-order valence-corrected chi connectivity index (χ0v) is 10.6. The van der Waals surface area contributed by atoms with E-state index >= 15 is 0 Å². The second-order valence-corrected chi connectivity index (χ2v) is 2.68. The Labute approximate surface area is 105 Å². The molecule has 3 radical (unpaired) electrons. The molecule has 0 spiro atoms. The topological polar surface area (TPSA) is 172 Å². The molecule has 0 aromatic rings. The third kappa shape index (κ3) is 604. The van der Waals surface area contributed by atoms with Gasteiger partial charge in [0, 0.05) is 51.2 Å². The van der Waals surface area contributed by atoms with E-state index in [0.29, 0.717) is 0 Å². The van der Waals surface area contributed by atoms with Crippen LogP contribution in [0.3, 0.4) is 0 Å². The van der Waals surface area contributed by atoms with Crippen molar-refractivity contribution in [2.45, 2.75) is 0 Å². The van der Waals surface area contributed by atoms with E-state index in [0.717, 1.165) is 0 Å². The van der Waals surface area contributed by atoms with Gasteiger partial charge in [0.15, 0.2) is 0 Å². The molecule has 0 saturated heterocycles. The van der Waals surface area contributed by atoms with Crippen molar-refractivity contribution in [2.24, 2.45) is 0 Å². The molecule has 0 N–H and O–H groups in total. The molecule has 0 aromatic heterocycles. The van der Waals surface area contributed by atoms with Gasteiger partial charge in [-0.05, 0) is 0 Å². The van der Waals surface area contributed by atoms with E-state index in [9.17, 15) is 0 Å². The van der Waals surface area contributed by atoms with E-state index in [1.54, 1.807) is 0 Å². The maximum atomic E-state index is 8.55. The van der Waals surface area contributed by atoms with Crippen molar-refractivity contribution in [2.75, 3.05) is 0 Å². The number of phosphoric acid groups is 2. The Morgan fingerprint density at radius 2 is 0.538 bits per heavy atom. The fourth-order valence-electron chi connectivity index (χ4n) is 0. The summed E-state index contributed by atoms with van der Waals surface area (Å²) in [5.41, 5.74) is 0. The van der Waals surface area contributed by atoms with Crippen LogP contribution >= 0.6 is 15.6 Å². The molecule has 0 atom stereocenters. The van der Waals surface area contributed by atoms with E-state index in [4.69, 9.17) is 38.5 Å². The average Bonchev–Trinajstić information content (AvgIpc) is 1.12. The van der Waals surface area contributed by atoms with Crippen LogP contribution in [0, 0.1) is 0 Å². The Bertz CT molecular complexity index is 130. The summed E-state index contributed by atoms with van der Waals surface area (Å²) in [4.78, 5) is 51.3. The minimum absolute atomic E-state index is 0. The molecule has 13 heteroatoms. The molecule has 0 aliphatic heterocycles. The molecule has 0 aromatic carbocycles. The molecule has 0 rings (SSSR count). The van der Waals surface area contributed by atoms with Crippen LogP contribution in [0.2, 0.25) is 0 Å². The Kier molecular flexibility index (Phi) is 26.7. The first kappa shape index (κ1) is 29.3. The van der Waals surface area contributed by atoms with Gasteiger partial charge in [-0.1, -0.05) is 0 Å². The first-order valence-electron chi connectivity index (χ1n) is 1.46. The van der Waals surface area contributed by atoms with Crippen LogP contribution in [0.25, 0.3) is 0 Å². The van der Waals surface area contributed by atoms with Gasteiger partial charge >= 0.3 is 0 Å². The normalized spacial score (nSPS) is 9.08. The van der Waals surface area contributed by atoms with Gasteiger partial charge in [-0.2, -0.15) is 15.6 Å². The molecule has 8 nitrogen and oxygen atoms in total. The molecule has 13 heavy (non-hydrogen) atoms. The van der Waals surface area contributed by atoms with Crippen molar-refractivity contribution in [3.63, 3.8) is 0 Å². The van der Waals surface area contributed by atoms with Crippen LogP contribution in [0.1, 0.15) is 0 Å². The minimum Gasteiger partial charge on any atom is -0.822 e. The monoisotopic (exact) mass is 355 g/mol. The Balaban J connectivity index is -0.0000000267. The first-order chi connectivity index (χ1) is 4.00. The molecule has 0 fully saturated rings. The second-order valence-electron chi connectivity index (χ2n) is 0.894. The number of hydrogen-bond acceptors (Lipinski definition) is 8. The van der Waals surface area contributed by atoms with Gasteiger partial charge in [-0.3, -0.25) is 0 Å². The first-order valence-corrected chi connectivity index (χ1v) is 4.38. The third-order valence-corrected chi connectivity index (χ3v) is 0. The van der Waals surface area contributed by atoms with E-state index in [1.165, 1.54) is 0 Å². The summed E-state index contributed by atoms with van der Waals surface area (Å²) < 4.78 is 17.1. The van der Waals surface area contributed by atoms with Crippen molar-refractivity contribution in [1.82, 2.24) is 0 Å². The minimum atomic E-state index is -5.39.